The number of rotatable bonds is 4. The van der Waals surface area contributed by atoms with Crippen LogP contribution in [-0.4, -0.2) is 14.3 Å². The highest BCUT2D eigenvalue weighted by atomic mass is 32.2. The molecular weight excluding hydrogens is 276 g/mol. The minimum Gasteiger partial charge on any atom is -0.352 e. The molecule has 5 nitrogen and oxygen atoms in total. The molecule has 1 fully saturated rings. The molecule has 1 amide bonds. The Morgan fingerprint density at radius 3 is 2.60 bits per heavy atom. The lowest BCUT2D eigenvalue weighted by Gasteiger charge is -2.22. The lowest BCUT2D eigenvalue weighted by atomic mass is 9.88. The molecule has 0 saturated heterocycles. The van der Waals surface area contributed by atoms with E-state index in [0.29, 0.717) is 6.54 Å². The first kappa shape index (κ1) is 15.0. The third-order valence-electron chi connectivity index (χ3n) is 3.94. The average molecular weight is 296 g/mol. The number of nitrogens with one attached hydrogen (secondary N) is 1. The van der Waals surface area contributed by atoms with Crippen molar-refractivity contribution < 1.29 is 13.2 Å². The first-order chi connectivity index (χ1) is 9.31. The zero-order chi connectivity index (χ0) is 14.8. The monoisotopic (exact) mass is 296 g/mol. The molecule has 1 aromatic carbocycles. The molecule has 1 saturated carbocycles. The summed E-state index contributed by atoms with van der Waals surface area (Å²) >= 11 is 0. The second-order valence-electron chi connectivity index (χ2n) is 5.64. The van der Waals surface area contributed by atoms with E-state index in [9.17, 15) is 13.2 Å². The molecule has 110 valence electrons. The largest absolute Gasteiger partial charge is 0.352 e. The summed E-state index contributed by atoms with van der Waals surface area (Å²) in [6.45, 7) is 2.30. The molecule has 6 heteroatoms. The van der Waals surface area contributed by atoms with E-state index in [1.807, 2.05) is 6.92 Å². The molecule has 1 aliphatic carbocycles. The number of sulfonamides is 1. The number of carbonyl (C=O) groups excluding carboxylic acids is 1. The van der Waals surface area contributed by atoms with E-state index < -0.39 is 10.0 Å². The van der Waals surface area contributed by atoms with Gasteiger partial charge in [-0.15, -0.1) is 0 Å². The van der Waals surface area contributed by atoms with Gasteiger partial charge in [-0.05, 0) is 30.5 Å². The summed E-state index contributed by atoms with van der Waals surface area (Å²) in [6.07, 6.45) is 4.00. The molecule has 1 aromatic rings. The summed E-state index contributed by atoms with van der Waals surface area (Å²) in [5.74, 6) is 0.0380. The van der Waals surface area contributed by atoms with Crippen molar-refractivity contribution in [2.45, 2.75) is 44.0 Å². The van der Waals surface area contributed by atoms with Gasteiger partial charge in [-0.2, -0.15) is 0 Å². The Morgan fingerprint density at radius 1 is 1.35 bits per heavy atom. The maximum Gasteiger partial charge on any atom is 0.238 e. The van der Waals surface area contributed by atoms with Crippen molar-refractivity contribution in [3.8, 4) is 0 Å². The summed E-state index contributed by atoms with van der Waals surface area (Å²) in [5.41, 5.74) is 0.448. The van der Waals surface area contributed by atoms with Gasteiger partial charge in [-0.25, -0.2) is 13.6 Å². The first-order valence-corrected chi connectivity index (χ1v) is 8.26. The summed E-state index contributed by atoms with van der Waals surface area (Å²) in [4.78, 5) is 12.2. The maximum absolute atomic E-state index is 12.2. The first-order valence-electron chi connectivity index (χ1n) is 6.71. The van der Waals surface area contributed by atoms with Gasteiger partial charge >= 0.3 is 0 Å². The van der Waals surface area contributed by atoms with Gasteiger partial charge in [0.2, 0.25) is 15.9 Å². The number of amides is 1. The number of carbonyl (C=O) groups is 1. The van der Waals surface area contributed by atoms with E-state index >= 15 is 0 Å². The molecule has 0 aromatic heterocycles. The molecule has 1 aliphatic rings. The minimum absolute atomic E-state index is 0.0380. The number of primary sulfonamides is 1. The molecule has 0 aliphatic heterocycles. The zero-order valence-electron chi connectivity index (χ0n) is 11.6. The Kier molecular flexibility index (Phi) is 4.15. The van der Waals surface area contributed by atoms with Crippen LogP contribution in [0.5, 0.6) is 0 Å². The Hall–Kier alpha value is -1.40. The van der Waals surface area contributed by atoms with Crippen molar-refractivity contribution in [2.75, 3.05) is 0 Å². The summed E-state index contributed by atoms with van der Waals surface area (Å²) in [7, 11) is -3.70. The van der Waals surface area contributed by atoms with E-state index in [-0.39, 0.29) is 16.2 Å². The number of benzene rings is 1. The van der Waals surface area contributed by atoms with Crippen molar-refractivity contribution in [1.29, 1.82) is 0 Å². The Labute approximate surface area is 119 Å². The van der Waals surface area contributed by atoms with Crippen LogP contribution in [0.4, 0.5) is 0 Å². The molecule has 3 N–H and O–H groups in total. The number of hydrogen-bond donors (Lipinski definition) is 2. The van der Waals surface area contributed by atoms with Crippen molar-refractivity contribution >= 4 is 15.9 Å². The molecule has 20 heavy (non-hydrogen) atoms. The molecule has 0 spiro atoms. The van der Waals surface area contributed by atoms with Gasteiger partial charge in [0, 0.05) is 12.0 Å². The molecule has 2 rings (SSSR count). The molecule has 0 atom stereocenters. The average Bonchev–Trinajstić information content (AvgIpc) is 2.83. The number of hydrogen-bond acceptors (Lipinski definition) is 3. The van der Waals surface area contributed by atoms with E-state index in [1.54, 1.807) is 12.1 Å². The molecule has 0 unspecified atom stereocenters. The molecule has 0 bridgehead atoms. The third kappa shape index (κ3) is 3.37. The summed E-state index contributed by atoms with van der Waals surface area (Å²) in [5, 5.41) is 7.97. The number of nitrogens with two attached hydrogens (primary N) is 1. The van der Waals surface area contributed by atoms with Crippen molar-refractivity contribution in [3.05, 3.63) is 29.8 Å². The van der Waals surface area contributed by atoms with Gasteiger partial charge in [0.15, 0.2) is 0 Å². The second kappa shape index (κ2) is 5.54. The fraction of sp³-hybridized carbons (Fsp3) is 0.500. The Morgan fingerprint density at radius 2 is 2.00 bits per heavy atom. The molecule has 0 radical (unpaired) electrons. The summed E-state index contributed by atoms with van der Waals surface area (Å²) < 4.78 is 22.5. The fourth-order valence-electron chi connectivity index (χ4n) is 2.61. The van der Waals surface area contributed by atoms with Crippen LogP contribution in [0.25, 0.3) is 0 Å². The second-order valence-corrected chi connectivity index (χ2v) is 7.20. The normalized spacial score (nSPS) is 17.9. The highest BCUT2D eigenvalue weighted by molar-refractivity contribution is 7.89. The van der Waals surface area contributed by atoms with Gasteiger partial charge in [-0.3, -0.25) is 4.79 Å². The standard InChI is InChI=1S/C14H20N2O3S/c1-14(7-2-3-8-14)13(17)16-10-11-5-4-6-12(9-11)20(15,18)19/h4-6,9H,2-3,7-8,10H2,1H3,(H,16,17)(H2,15,18,19). The van der Waals surface area contributed by atoms with Gasteiger partial charge in [0.05, 0.1) is 4.90 Å². The van der Waals surface area contributed by atoms with Crippen LogP contribution in [0.3, 0.4) is 0 Å². The Bertz CT molecular complexity index is 605. The van der Waals surface area contributed by atoms with Crippen LogP contribution < -0.4 is 10.5 Å². The Balaban J connectivity index is 2.03. The molecule has 0 heterocycles. The highest BCUT2D eigenvalue weighted by Crippen LogP contribution is 2.37. The van der Waals surface area contributed by atoms with Crippen LogP contribution in [-0.2, 0) is 21.4 Å². The topological polar surface area (TPSA) is 89.3 Å². The van der Waals surface area contributed by atoms with Crippen LogP contribution in [0.1, 0.15) is 38.2 Å². The van der Waals surface area contributed by atoms with Gasteiger partial charge in [0.25, 0.3) is 0 Å². The van der Waals surface area contributed by atoms with Crippen LogP contribution in [0, 0.1) is 5.41 Å². The third-order valence-corrected chi connectivity index (χ3v) is 4.85. The zero-order valence-corrected chi connectivity index (χ0v) is 12.4. The minimum atomic E-state index is -3.70. The van der Waals surface area contributed by atoms with Gasteiger partial charge < -0.3 is 5.32 Å². The van der Waals surface area contributed by atoms with Gasteiger partial charge in [0.1, 0.15) is 0 Å². The maximum atomic E-state index is 12.2. The lowest BCUT2D eigenvalue weighted by molar-refractivity contribution is -0.130. The van der Waals surface area contributed by atoms with Crippen molar-refractivity contribution in [2.24, 2.45) is 10.6 Å². The van der Waals surface area contributed by atoms with E-state index in [2.05, 4.69) is 5.32 Å². The van der Waals surface area contributed by atoms with Crippen molar-refractivity contribution in [1.82, 2.24) is 5.32 Å². The van der Waals surface area contributed by atoms with Crippen LogP contribution in [0.15, 0.2) is 29.2 Å². The van der Waals surface area contributed by atoms with Crippen LogP contribution >= 0.6 is 0 Å². The lowest BCUT2D eigenvalue weighted by Crippen LogP contribution is -2.36. The predicted molar refractivity (Wildman–Crippen MR) is 76.2 cm³/mol. The summed E-state index contributed by atoms with van der Waals surface area (Å²) in [6, 6.07) is 6.33. The molecular formula is C14H20N2O3S. The smallest absolute Gasteiger partial charge is 0.238 e. The predicted octanol–water partition coefficient (Wildman–Crippen LogP) is 1.53. The van der Waals surface area contributed by atoms with E-state index in [4.69, 9.17) is 5.14 Å². The SMILES string of the molecule is CC1(C(=O)NCc2cccc(S(N)(=O)=O)c2)CCCC1. The van der Waals surface area contributed by atoms with Gasteiger partial charge in [-0.1, -0.05) is 31.9 Å². The van der Waals surface area contributed by atoms with Crippen LogP contribution in [0.2, 0.25) is 0 Å². The quantitative estimate of drug-likeness (QED) is 0.883. The van der Waals surface area contributed by atoms with E-state index in [0.717, 1.165) is 31.2 Å². The van der Waals surface area contributed by atoms with E-state index in [1.165, 1.54) is 12.1 Å². The fourth-order valence-corrected chi connectivity index (χ4v) is 3.19. The van der Waals surface area contributed by atoms with Crippen molar-refractivity contribution in [3.63, 3.8) is 0 Å². The highest BCUT2D eigenvalue weighted by Gasteiger charge is 2.35.